The number of hydrogen-bond donors (Lipinski definition) is 1. The molecule has 0 saturated carbocycles. The van der Waals surface area contributed by atoms with Crippen molar-refractivity contribution in [3.05, 3.63) is 45.3 Å². The zero-order valence-electron chi connectivity index (χ0n) is 15.0. The Kier molecular flexibility index (Phi) is 4.05. The van der Waals surface area contributed by atoms with Crippen LogP contribution in [0.25, 0.3) is 11.0 Å². The number of carbonyl (C=O) groups is 2. The molecule has 0 bridgehead atoms. The van der Waals surface area contributed by atoms with Crippen molar-refractivity contribution in [2.75, 3.05) is 0 Å². The maximum Gasteiger partial charge on any atom is 0.336 e. The van der Waals surface area contributed by atoms with Crippen molar-refractivity contribution in [1.29, 1.82) is 0 Å². The number of hydrogen-bond acceptors (Lipinski definition) is 4. The first-order valence-electron chi connectivity index (χ1n) is 9.13. The van der Waals surface area contributed by atoms with Gasteiger partial charge in [0.1, 0.15) is 11.6 Å². The summed E-state index contributed by atoms with van der Waals surface area (Å²) in [7, 11) is 0. The summed E-state index contributed by atoms with van der Waals surface area (Å²) in [6, 6.07) is 4.47. The van der Waals surface area contributed by atoms with Gasteiger partial charge in [-0.25, -0.2) is 9.59 Å². The Balaban J connectivity index is 1.70. The van der Waals surface area contributed by atoms with Crippen molar-refractivity contribution in [1.82, 2.24) is 10.2 Å². The van der Waals surface area contributed by atoms with E-state index >= 15 is 0 Å². The third-order valence-electron chi connectivity index (χ3n) is 5.19. The van der Waals surface area contributed by atoms with Crippen molar-refractivity contribution in [3.63, 3.8) is 0 Å². The lowest BCUT2D eigenvalue weighted by Gasteiger charge is -2.15. The van der Waals surface area contributed by atoms with Crippen LogP contribution >= 0.6 is 0 Å². The molecular weight excluding hydrogens is 332 g/mol. The van der Waals surface area contributed by atoms with Gasteiger partial charge in [-0.05, 0) is 60.4 Å². The van der Waals surface area contributed by atoms with Crippen LogP contribution in [0.5, 0.6) is 0 Å². The Hall–Kier alpha value is -2.63. The van der Waals surface area contributed by atoms with E-state index in [0.29, 0.717) is 23.5 Å². The topological polar surface area (TPSA) is 79.6 Å². The number of nitrogens with zero attached hydrogens (tertiary/aromatic N) is 1. The molecule has 2 aromatic rings. The molecule has 26 heavy (non-hydrogen) atoms. The quantitative estimate of drug-likeness (QED) is 0.676. The van der Waals surface area contributed by atoms with Crippen LogP contribution in [0.4, 0.5) is 4.79 Å². The number of imide groups is 1. The minimum Gasteiger partial charge on any atom is -0.423 e. The highest BCUT2D eigenvalue weighted by atomic mass is 16.4. The van der Waals surface area contributed by atoms with E-state index in [0.717, 1.165) is 24.6 Å². The average Bonchev–Trinajstić information content (AvgIpc) is 3.12. The number of urea groups is 1. The molecule has 2 aliphatic rings. The lowest BCUT2D eigenvalue weighted by molar-refractivity contribution is -0.128. The van der Waals surface area contributed by atoms with Crippen LogP contribution in [0.3, 0.4) is 0 Å². The van der Waals surface area contributed by atoms with E-state index in [4.69, 9.17) is 4.42 Å². The lowest BCUT2D eigenvalue weighted by atomic mass is 10.0. The van der Waals surface area contributed by atoms with E-state index < -0.39 is 17.7 Å². The van der Waals surface area contributed by atoms with Gasteiger partial charge in [-0.2, -0.15) is 0 Å². The molecule has 1 aromatic carbocycles. The third-order valence-corrected chi connectivity index (χ3v) is 5.19. The maximum absolute atomic E-state index is 12.6. The summed E-state index contributed by atoms with van der Waals surface area (Å²) in [6.07, 6.45) is 3.69. The first-order chi connectivity index (χ1) is 12.4. The summed E-state index contributed by atoms with van der Waals surface area (Å²) in [4.78, 5) is 38.1. The highest BCUT2D eigenvalue weighted by Gasteiger charge is 2.38. The fourth-order valence-corrected chi connectivity index (χ4v) is 3.95. The van der Waals surface area contributed by atoms with E-state index in [1.54, 1.807) is 0 Å². The van der Waals surface area contributed by atoms with Gasteiger partial charge in [0.25, 0.3) is 5.91 Å². The van der Waals surface area contributed by atoms with Crippen molar-refractivity contribution < 1.29 is 14.0 Å². The molecule has 3 amide bonds. The molecule has 1 fully saturated rings. The zero-order valence-corrected chi connectivity index (χ0v) is 15.0. The van der Waals surface area contributed by atoms with Gasteiger partial charge < -0.3 is 9.73 Å². The van der Waals surface area contributed by atoms with Crippen LogP contribution in [-0.2, 0) is 24.2 Å². The van der Waals surface area contributed by atoms with E-state index in [9.17, 15) is 14.4 Å². The van der Waals surface area contributed by atoms with Crippen molar-refractivity contribution >= 4 is 22.9 Å². The molecule has 1 N–H and O–H groups in total. The second kappa shape index (κ2) is 6.27. The van der Waals surface area contributed by atoms with Gasteiger partial charge in [-0.15, -0.1) is 0 Å². The highest BCUT2D eigenvalue weighted by molar-refractivity contribution is 6.04. The Bertz CT molecular complexity index is 960. The largest absolute Gasteiger partial charge is 0.423 e. The summed E-state index contributed by atoms with van der Waals surface area (Å²) in [5.74, 6) is 0.0719. The van der Waals surface area contributed by atoms with Gasteiger partial charge in [0.2, 0.25) is 0 Å². The fraction of sp³-hybridized carbons (Fsp3) is 0.450. The smallest absolute Gasteiger partial charge is 0.336 e. The second-order valence-corrected chi connectivity index (χ2v) is 7.62. The first-order valence-corrected chi connectivity index (χ1v) is 9.13. The molecule has 0 radical (unpaired) electrons. The van der Waals surface area contributed by atoms with Crippen LogP contribution in [0.15, 0.2) is 27.4 Å². The number of benzene rings is 1. The SMILES string of the molecule is CC(C)C[C@H]1NC(=O)N(Cc2cc(=O)oc3cc4c(cc23)CCC4)C1=O. The summed E-state index contributed by atoms with van der Waals surface area (Å²) in [5, 5.41) is 3.55. The van der Waals surface area contributed by atoms with Crippen LogP contribution in [0.1, 0.15) is 43.4 Å². The van der Waals surface area contributed by atoms with Gasteiger partial charge >= 0.3 is 11.7 Å². The van der Waals surface area contributed by atoms with Gasteiger partial charge in [0.15, 0.2) is 0 Å². The second-order valence-electron chi connectivity index (χ2n) is 7.62. The number of nitrogens with one attached hydrogen (secondary N) is 1. The number of rotatable bonds is 4. The Morgan fingerprint density at radius 3 is 2.62 bits per heavy atom. The average molecular weight is 354 g/mol. The molecular formula is C20H22N2O4. The third kappa shape index (κ3) is 2.89. The van der Waals surface area contributed by atoms with Crippen LogP contribution in [0.2, 0.25) is 0 Å². The molecule has 136 valence electrons. The van der Waals surface area contributed by atoms with Gasteiger partial charge in [-0.1, -0.05) is 13.8 Å². The summed E-state index contributed by atoms with van der Waals surface area (Å²) < 4.78 is 5.36. The van der Waals surface area contributed by atoms with Crippen LogP contribution in [-0.4, -0.2) is 22.9 Å². The van der Waals surface area contributed by atoms with Gasteiger partial charge in [0.05, 0.1) is 6.54 Å². The standard InChI is InChI=1S/C20H22N2O4/c1-11(2)6-16-19(24)22(20(25)21-16)10-14-9-18(23)26-17-8-13-5-3-4-12(13)7-15(14)17/h7-9,11,16H,3-6,10H2,1-2H3,(H,21,25)/t16-/m1/s1. The Morgan fingerprint density at radius 2 is 1.88 bits per heavy atom. The van der Waals surface area contributed by atoms with Crippen molar-refractivity contribution in [2.24, 2.45) is 5.92 Å². The highest BCUT2D eigenvalue weighted by Crippen LogP contribution is 2.29. The Labute approximate surface area is 151 Å². The van der Waals surface area contributed by atoms with Gasteiger partial charge in [0, 0.05) is 11.5 Å². The number of fused-ring (bicyclic) bond motifs is 2. The van der Waals surface area contributed by atoms with Crippen molar-refractivity contribution in [2.45, 2.75) is 52.1 Å². The molecule has 1 aliphatic heterocycles. The van der Waals surface area contributed by atoms with Crippen LogP contribution in [0, 0.1) is 5.92 Å². The molecule has 1 atom stereocenters. The summed E-state index contributed by atoms with van der Waals surface area (Å²) in [5.41, 5.74) is 3.18. The molecule has 6 nitrogen and oxygen atoms in total. The number of aryl methyl sites for hydroxylation is 2. The van der Waals surface area contributed by atoms with E-state index in [1.807, 2.05) is 26.0 Å². The molecule has 1 aliphatic carbocycles. The maximum atomic E-state index is 12.6. The van der Waals surface area contributed by atoms with E-state index in [1.165, 1.54) is 22.1 Å². The summed E-state index contributed by atoms with van der Waals surface area (Å²) in [6.45, 7) is 4.11. The number of amides is 3. The number of carbonyl (C=O) groups excluding carboxylic acids is 2. The normalized spacial score (nSPS) is 19.5. The van der Waals surface area contributed by atoms with Gasteiger partial charge in [-0.3, -0.25) is 9.69 Å². The predicted octanol–water partition coefficient (Wildman–Crippen LogP) is 2.75. The monoisotopic (exact) mass is 354 g/mol. The van der Waals surface area contributed by atoms with E-state index in [2.05, 4.69) is 5.32 Å². The predicted molar refractivity (Wildman–Crippen MR) is 96.8 cm³/mol. The van der Waals surface area contributed by atoms with E-state index in [-0.39, 0.29) is 12.5 Å². The molecule has 2 heterocycles. The minimum absolute atomic E-state index is 0.0835. The Morgan fingerprint density at radius 1 is 1.15 bits per heavy atom. The molecule has 0 unspecified atom stereocenters. The molecule has 0 spiro atoms. The molecule has 6 heteroatoms. The molecule has 4 rings (SSSR count). The molecule has 1 aromatic heterocycles. The van der Waals surface area contributed by atoms with Crippen molar-refractivity contribution in [3.8, 4) is 0 Å². The molecule has 1 saturated heterocycles. The fourth-order valence-electron chi connectivity index (χ4n) is 3.95. The zero-order chi connectivity index (χ0) is 18.4. The van der Waals surface area contributed by atoms with Crippen LogP contribution < -0.4 is 10.9 Å². The first kappa shape index (κ1) is 16.8. The summed E-state index contributed by atoms with van der Waals surface area (Å²) >= 11 is 0. The minimum atomic E-state index is -0.488. The lowest BCUT2D eigenvalue weighted by Crippen LogP contribution is -2.32.